The fourth-order valence-electron chi connectivity index (χ4n) is 4.08. The normalized spacial score (nSPS) is 9.76. The van der Waals surface area contributed by atoms with Crippen LogP contribution >= 0.6 is 0 Å². The zero-order valence-electron chi connectivity index (χ0n) is 22.3. The maximum Gasteiger partial charge on any atom is 2.00 e. The van der Waals surface area contributed by atoms with Crippen LogP contribution < -0.4 is 0 Å². The molecule has 0 heterocycles. The average Bonchev–Trinajstić information content (AvgIpc) is 3.08. The van der Waals surface area contributed by atoms with Gasteiger partial charge in [-0.05, 0) is 23.3 Å². The molecule has 0 saturated carbocycles. The van der Waals surface area contributed by atoms with Gasteiger partial charge in [-0.3, -0.25) is 0 Å². The third-order valence-electron chi connectivity index (χ3n) is 6.79. The predicted octanol–water partition coefficient (Wildman–Crippen LogP) is 9.06. The molecule has 2 N–H and O–H groups in total. The van der Waals surface area contributed by atoms with Crippen LogP contribution in [0.25, 0.3) is 22.3 Å². The standard InChI is InChI=1S/2C12H10O.C10H15.Ti/c2*13-12-9-5-4-8-11(12)10-6-2-1-3-7-10;1-6-7(2)9(4)10(5)8(6)3;/h2*1-9,13H;1-5H3;/q;;-1;+2. The molecule has 0 aliphatic carbocycles. The molecule has 37 heavy (non-hydrogen) atoms. The number of benzene rings is 4. The summed E-state index contributed by atoms with van der Waals surface area (Å²) in [5.74, 6) is 0.655. The van der Waals surface area contributed by atoms with E-state index in [1.165, 1.54) is 27.8 Å². The first kappa shape index (κ1) is 29.8. The Morgan fingerprint density at radius 3 is 1.03 bits per heavy atom. The summed E-state index contributed by atoms with van der Waals surface area (Å²) in [6.07, 6.45) is 0. The summed E-state index contributed by atoms with van der Waals surface area (Å²) >= 11 is 0. The summed E-state index contributed by atoms with van der Waals surface area (Å²) in [6, 6.07) is 34.4. The van der Waals surface area contributed by atoms with E-state index < -0.39 is 0 Å². The number of para-hydroxylation sites is 2. The minimum absolute atomic E-state index is 0. The Labute approximate surface area is 236 Å². The van der Waals surface area contributed by atoms with Gasteiger partial charge in [-0.15, -0.1) is 0 Å². The van der Waals surface area contributed by atoms with E-state index in [-0.39, 0.29) is 21.7 Å². The Hall–Kier alpha value is -3.46. The van der Waals surface area contributed by atoms with Crippen molar-refractivity contribution < 1.29 is 31.9 Å². The molecule has 0 amide bonds. The van der Waals surface area contributed by atoms with Crippen molar-refractivity contribution in [1.82, 2.24) is 0 Å². The van der Waals surface area contributed by atoms with E-state index in [9.17, 15) is 10.2 Å². The first-order valence-corrected chi connectivity index (χ1v) is 12.2. The smallest absolute Gasteiger partial charge is 0.507 e. The van der Waals surface area contributed by atoms with Gasteiger partial charge < -0.3 is 10.2 Å². The molecule has 0 spiro atoms. The summed E-state index contributed by atoms with van der Waals surface area (Å²) in [7, 11) is 0. The molecule has 5 rings (SSSR count). The first-order valence-electron chi connectivity index (χ1n) is 12.2. The maximum absolute atomic E-state index is 9.56. The topological polar surface area (TPSA) is 40.5 Å². The fraction of sp³-hybridized carbons (Fsp3) is 0.147. The zero-order chi connectivity index (χ0) is 26.1. The van der Waals surface area contributed by atoms with Gasteiger partial charge in [0.15, 0.2) is 0 Å². The second-order valence-corrected chi connectivity index (χ2v) is 8.89. The SMILES string of the molecule is Cc1c(C)c(C)[c-](C)c1C.Oc1ccccc1-c1ccccc1.Oc1ccccc1-c1ccccc1.[Ti+2]. The molecule has 0 aliphatic heterocycles. The van der Waals surface area contributed by atoms with Crippen LogP contribution in [0.5, 0.6) is 11.5 Å². The molecular weight excluding hydrogens is 488 g/mol. The van der Waals surface area contributed by atoms with E-state index in [0.29, 0.717) is 11.5 Å². The molecule has 186 valence electrons. The summed E-state index contributed by atoms with van der Waals surface area (Å²) in [5, 5.41) is 19.1. The Bertz CT molecular complexity index is 1230. The van der Waals surface area contributed by atoms with Crippen molar-refractivity contribution in [3.63, 3.8) is 0 Å². The van der Waals surface area contributed by atoms with E-state index in [4.69, 9.17) is 0 Å². The van der Waals surface area contributed by atoms with Crippen LogP contribution in [0.3, 0.4) is 0 Å². The van der Waals surface area contributed by atoms with Crippen molar-refractivity contribution in [3.05, 3.63) is 137 Å². The van der Waals surface area contributed by atoms with Crippen LogP contribution in [0.1, 0.15) is 27.8 Å². The number of phenolic OH excluding ortho intramolecular Hbond substituents is 2. The molecule has 2 nitrogen and oxygen atoms in total. The number of hydrogen-bond donors (Lipinski definition) is 2. The molecule has 5 aromatic rings. The van der Waals surface area contributed by atoms with Crippen molar-refractivity contribution in [3.8, 4) is 33.8 Å². The van der Waals surface area contributed by atoms with Gasteiger partial charge in [0, 0.05) is 11.1 Å². The molecule has 0 radical (unpaired) electrons. The molecule has 0 aliphatic rings. The van der Waals surface area contributed by atoms with E-state index in [2.05, 4.69) is 34.6 Å². The summed E-state index contributed by atoms with van der Waals surface area (Å²) in [6.45, 7) is 11.0. The van der Waals surface area contributed by atoms with E-state index in [0.717, 1.165) is 22.3 Å². The largest absolute Gasteiger partial charge is 2.00 e. The van der Waals surface area contributed by atoms with E-state index in [1.807, 2.05) is 97.1 Å². The minimum Gasteiger partial charge on any atom is -0.507 e. The van der Waals surface area contributed by atoms with E-state index >= 15 is 0 Å². The van der Waals surface area contributed by atoms with Crippen molar-refractivity contribution in [2.45, 2.75) is 34.6 Å². The molecule has 0 atom stereocenters. The number of rotatable bonds is 2. The third-order valence-corrected chi connectivity index (χ3v) is 6.79. The van der Waals surface area contributed by atoms with Gasteiger partial charge >= 0.3 is 21.7 Å². The number of aromatic hydroxyl groups is 2. The monoisotopic (exact) mass is 523 g/mol. The maximum atomic E-state index is 9.56. The average molecular weight is 524 g/mol. The molecule has 0 unspecified atom stereocenters. The van der Waals surface area contributed by atoms with Crippen LogP contribution in [0.15, 0.2) is 109 Å². The molecular formula is C34H35O2Ti+. The number of phenols is 2. The van der Waals surface area contributed by atoms with Gasteiger partial charge in [0.05, 0.1) is 0 Å². The fourth-order valence-corrected chi connectivity index (χ4v) is 4.08. The quantitative estimate of drug-likeness (QED) is 0.179. The Morgan fingerprint density at radius 2 is 0.757 bits per heavy atom. The van der Waals surface area contributed by atoms with Crippen LogP contribution in [0, 0.1) is 34.6 Å². The third kappa shape index (κ3) is 7.76. The predicted molar refractivity (Wildman–Crippen MR) is 153 cm³/mol. The van der Waals surface area contributed by atoms with Gasteiger partial charge in [-0.25, -0.2) is 0 Å². The van der Waals surface area contributed by atoms with Crippen LogP contribution in [0.4, 0.5) is 0 Å². The van der Waals surface area contributed by atoms with Gasteiger partial charge in [0.25, 0.3) is 0 Å². The molecule has 0 bridgehead atoms. The molecule has 0 saturated heterocycles. The molecule has 0 aromatic heterocycles. The molecule has 5 aromatic carbocycles. The Morgan fingerprint density at radius 1 is 0.459 bits per heavy atom. The van der Waals surface area contributed by atoms with Crippen molar-refractivity contribution >= 4 is 0 Å². The van der Waals surface area contributed by atoms with Crippen molar-refractivity contribution in [1.29, 1.82) is 0 Å². The van der Waals surface area contributed by atoms with Gasteiger partial charge in [0.2, 0.25) is 0 Å². The summed E-state index contributed by atoms with van der Waals surface area (Å²) < 4.78 is 0. The van der Waals surface area contributed by atoms with Crippen molar-refractivity contribution in [2.24, 2.45) is 0 Å². The summed E-state index contributed by atoms with van der Waals surface area (Å²) in [5.41, 5.74) is 11.2. The second kappa shape index (κ2) is 14.3. The van der Waals surface area contributed by atoms with E-state index in [1.54, 1.807) is 12.1 Å². The second-order valence-electron chi connectivity index (χ2n) is 8.89. The molecule has 3 heteroatoms. The Balaban J connectivity index is 0.000000195. The van der Waals surface area contributed by atoms with Crippen molar-refractivity contribution in [2.75, 3.05) is 0 Å². The van der Waals surface area contributed by atoms with Crippen LogP contribution in [-0.4, -0.2) is 10.2 Å². The molecule has 0 fully saturated rings. The number of hydrogen-bond acceptors (Lipinski definition) is 2. The Kier molecular flexibility index (Phi) is 11.5. The van der Waals surface area contributed by atoms with Gasteiger partial charge in [0.1, 0.15) is 11.5 Å². The summed E-state index contributed by atoms with van der Waals surface area (Å²) in [4.78, 5) is 0. The minimum atomic E-state index is 0. The van der Waals surface area contributed by atoms with Crippen LogP contribution in [-0.2, 0) is 21.7 Å². The zero-order valence-corrected chi connectivity index (χ0v) is 23.8. The van der Waals surface area contributed by atoms with Gasteiger partial charge in [-0.1, -0.05) is 132 Å². The first-order chi connectivity index (χ1) is 17.3. The van der Waals surface area contributed by atoms with Crippen LogP contribution in [0.2, 0.25) is 0 Å². The van der Waals surface area contributed by atoms with Gasteiger partial charge in [-0.2, -0.15) is 27.8 Å².